The van der Waals surface area contributed by atoms with Crippen LogP contribution in [0.4, 0.5) is 5.69 Å². The molecule has 0 spiro atoms. The van der Waals surface area contributed by atoms with Crippen LogP contribution in [0.3, 0.4) is 0 Å². The molecule has 0 bridgehead atoms. The number of anilines is 1. The van der Waals surface area contributed by atoms with Gasteiger partial charge >= 0.3 is 0 Å². The molecule has 0 radical (unpaired) electrons. The van der Waals surface area contributed by atoms with E-state index in [1.807, 2.05) is 11.8 Å². The number of hydrogen-bond donors (Lipinski definition) is 1. The standard InChI is InChI=1S/C15H24N2S/c1-11-5-6-14(12(2)7-11)17(4)15(9-16)8-13(3)18-10-15/h5-7,13H,8-10,16H2,1-4H3. The van der Waals surface area contributed by atoms with Gasteiger partial charge in [0.05, 0.1) is 5.54 Å². The molecule has 3 heteroatoms. The van der Waals surface area contributed by atoms with Crippen LogP contribution in [0.2, 0.25) is 0 Å². The lowest BCUT2D eigenvalue weighted by molar-refractivity contribution is 0.446. The van der Waals surface area contributed by atoms with Crippen LogP contribution >= 0.6 is 11.8 Å². The number of thioether (sulfide) groups is 1. The van der Waals surface area contributed by atoms with Crippen LogP contribution in [0.25, 0.3) is 0 Å². The van der Waals surface area contributed by atoms with Gasteiger partial charge in [-0.2, -0.15) is 11.8 Å². The molecule has 2 unspecified atom stereocenters. The molecule has 1 fully saturated rings. The summed E-state index contributed by atoms with van der Waals surface area (Å²) in [5, 5.41) is 0.710. The minimum absolute atomic E-state index is 0.129. The molecule has 0 amide bonds. The Kier molecular flexibility index (Phi) is 3.93. The number of nitrogens with two attached hydrogens (primary N) is 1. The molecule has 0 saturated carbocycles. The molecule has 2 N–H and O–H groups in total. The second kappa shape index (κ2) is 5.14. The first-order chi connectivity index (χ1) is 8.48. The summed E-state index contributed by atoms with van der Waals surface area (Å²) in [4.78, 5) is 2.41. The van der Waals surface area contributed by atoms with Gasteiger partial charge in [-0.25, -0.2) is 0 Å². The Bertz CT molecular complexity index is 433. The first kappa shape index (κ1) is 13.8. The highest BCUT2D eigenvalue weighted by atomic mass is 32.2. The van der Waals surface area contributed by atoms with Gasteiger partial charge in [0.2, 0.25) is 0 Å². The van der Waals surface area contributed by atoms with Crippen molar-refractivity contribution in [1.82, 2.24) is 0 Å². The van der Waals surface area contributed by atoms with Crippen molar-refractivity contribution in [1.29, 1.82) is 0 Å². The average molecular weight is 264 g/mol. The van der Waals surface area contributed by atoms with E-state index in [2.05, 4.69) is 50.9 Å². The number of aryl methyl sites for hydroxylation is 2. The van der Waals surface area contributed by atoms with Gasteiger partial charge in [-0.15, -0.1) is 0 Å². The fourth-order valence-corrected chi connectivity index (χ4v) is 4.35. The maximum Gasteiger partial charge on any atom is 0.0621 e. The summed E-state index contributed by atoms with van der Waals surface area (Å²) < 4.78 is 0. The molecule has 100 valence electrons. The van der Waals surface area contributed by atoms with Crippen molar-refractivity contribution in [3.63, 3.8) is 0 Å². The first-order valence-electron chi connectivity index (χ1n) is 6.61. The van der Waals surface area contributed by atoms with Crippen LogP contribution in [-0.4, -0.2) is 30.1 Å². The highest BCUT2D eigenvalue weighted by Crippen LogP contribution is 2.40. The van der Waals surface area contributed by atoms with Gasteiger partial charge in [0, 0.05) is 30.3 Å². The number of nitrogens with zero attached hydrogens (tertiary/aromatic N) is 1. The summed E-state index contributed by atoms with van der Waals surface area (Å²) in [7, 11) is 2.20. The third-order valence-electron chi connectivity index (χ3n) is 4.11. The van der Waals surface area contributed by atoms with Crippen LogP contribution < -0.4 is 10.6 Å². The van der Waals surface area contributed by atoms with Gasteiger partial charge in [-0.1, -0.05) is 24.6 Å². The van der Waals surface area contributed by atoms with Gasteiger partial charge in [0.25, 0.3) is 0 Å². The van der Waals surface area contributed by atoms with Crippen molar-refractivity contribution >= 4 is 17.4 Å². The fraction of sp³-hybridized carbons (Fsp3) is 0.600. The van der Waals surface area contributed by atoms with E-state index >= 15 is 0 Å². The molecule has 18 heavy (non-hydrogen) atoms. The summed E-state index contributed by atoms with van der Waals surface area (Å²) in [6.45, 7) is 7.36. The summed E-state index contributed by atoms with van der Waals surface area (Å²) in [6, 6.07) is 6.67. The monoisotopic (exact) mass is 264 g/mol. The van der Waals surface area contributed by atoms with E-state index in [1.54, 1.807) is 0 Å². The second-order valence-corrected chi connectivity index (χ2v) is 7.03. The van der Waals surface area contributed by atoms with Crippen molar-refractivity contribution in [2.45, 2.75) is 38.0 Å². The van der Waals surface area contributed by atoms with E-state index in [-0.39, 0.29) is 5.54 Å². The van der Waals surface area contributed by atoms with Crippen molar-refractivity contribution in [3.8, 4) is 0 Å². The van der Waals surface area contributed by atoms with Crippen molar-refractivity contribution in [3.05, 3.63) is 29.3 Å². The van der Waals surface area contributed by atoms with E-state index in [0.717, 1.165) is 12.3 Å². The number of hydrogen-bond acceptors (Lipinski definition) is 3. The topological polar surface area (TPSA) is 29.3 Å². The lowest BCUT2D eigenvalue weighted by Gasteiger charge is -2.40. The summed E-state index contributed by atoms with van der Waals surface area (Å²) in [5.41, 5.74) is 10.2. The molecule has 2 atom stereocenters. The van der Waals surface area contributed by atoms with Crippen LogP contribution in [0.5, 0.6) is 0 Å². The molecular weight excluding hydrogens is 240 g/mol. The van der Waals surface area contributed by atoms with Crippen LogP contribution in [-0.2, 0) is 0 Å². The molecule has 1 aromatic carbocycles. The molecule has 1 aliphatic heterocycles. The van der Waals surface area contributed by atoms with Crippen molar-refractivity contribution in [2.75, 3.05) is 24.2 Å². The van der Waals surface area contributed by atoms with E-state index < -0.39 is 0 Å². The first-order valence-corrected chi connectivity index (χ1v) is 7.66. The summed E-state index contributed by atoms with van der Waals surface area (Å²) >= 11 is 2.04. The molecule has 0 aromatic heterocycles. The SMILES string of the molecule is Cc1ccc(N(C)C2(CN)CSC(C)C2)c(C)c1. The third kappa shape index (κ3) is 2.39. The minimum atomic E-state index is 0.129. The molecule has 1 heterocycles. The Morgan fingerprint density at radius 1 is 1.44 bits per heavy atom. The fourth-order valence-electron chi connectivity index (χ4n) is 2.90. The Morgan fingerprint density at radius 3 is 2.67 bits per heavy atom. The minimum Gasteiger partial charge on any atom is -0.367 e. The summed E-state index contributed by atoms with van der Waals surface area (Å²) in [5.74, 6) is 1.13. The maximum absolute atomic E-state index is 6.09. The quantitative estimate of drug-likeness (QED) is 0.910. The van der Waals surface area contributed by atoms with E-state index in [4.69, 9.17) is 5.73 Å². The Morgan fingerprint density at radius 2 is 2.17 bits per heavy atom. The van der Waals surface area contributed by atoms with E-state index in [9.17, 15) is 0 Å². The van der Waals surface area contributed by atoms with Crippen molar-refractivity contribution < 1.29 is 0 Å². The van der Waals surface area contributed by atoms with E-state index in [1.165, 1.54) is 23.2 Å². The molecule has 0 aliphatic carbocycles. The van der Waals surface area contributed by atoms with Gasteiger partial charge in [-0.05, 0) is 31.9 Å². The van der Waals surface area contributed by atoms with Gasteiger partial charge < -0.3 is 10.6 Å². The zero-order chi connectivity index (χ0) is 13.3. The molecule has 2 rings (SSSR count). The molecule has 1 aliphatic rings. The molecule has 2 nitrogen and oxygen atoms in total. The van der Waals surface area contributed by atoms with Crippen LogP contribution in [0, 0.1) is 13.8 Å². The number of benzene rings is 1. The Balaban J connectivity index is 2.32. The highest BCUT2D eigenvalue weighted by Gasteiger charge is 2.40. The van der Waals surface area contributed by atoms with Crippen LogP contribution in [0.1, 0.15) is 24.5 Å². The predicted molar refractivity (Wildman–Crippen MR) is 82.6 cm³/mol. The summed E-state index contributed by atoms with van der Waals surface area (Å²) in [6.07, 6.45) is 1.18. The van der Waals surface area contributed by atoms with Crippen LogP contribution in [0.15, 0.2) is 18.2 Å². The van der Waals surface area contributed by atoms with E-state index in [0.29, 0.717) is 5.25 Å². The smallest absolute Gasteiger partial charge is 0.0621 e. The highest BCUT2D eigenvalue weighted by molar-refractivity contribution is 8.00. The number of rotatable bonds is 3. The lowest BCUT2D eigenvalue weighted by Crippen LogP contribution is -2.53. The van der Waals surface area contributed by atoms with Gasteiger partial charge in [0.1, 0.15) is 0 Å². The van der Waals surface area contributed by atoms with Gasteiger partial charge in [0.15, 0.2) is 0 Å². The Hall–Kier alpha value is -0.670. The largest absolute Gasteiger partial charge is 0.367 e. The zero-order valence-electron chi connectivity index (χ0n) is 11.9. The second-order valence-electron chi connectivity index (χ2n) is 5.60. The average Bonchev–Trinajstić information content (AvgIpc) is 2.71. The van der Waals surface area contributed by atoms with Crippen molar-refractivity contribution in [2.24, 2.45) is 5.73 Å². The third-order valence-corrected chi connectivity index (χ3v) is 5.55. The lowest BCUT2D eigenvalue weighted by atomic mass is 9.93. The maximum atomic E-state index is 6.09. The molecular formula is C15H24N2S. The molecule has 1 aromatic rings. The predicted octanol–water partition coefficient (Wildman–Crippen LogP) is 2.96. The zero-order valence-corrected chi connectivity index (χ0v) is 12.7. The molecule has 1 saturated heterocycles. The normalized spacial score (nSPS) is 27.5. The number of likely N-dealkylation sites (N-methyl/N-ethyl adjacent to an activating group) is 1. The van der Waals surface area contributed by atoms with Gasteiger partial charge in [-0.3, -0.25) is 0 Å². The Labute approximate surface area is 115 Å².